The van der Waals surface area contributed by atoms with Crippen molar-refractivity contribution in [2.24, 2.45) is 0 Å². The zero-order valence-electron chi connectivity index (χ0n) is 12.7. The van der Waals surface area contributed by atoms with Crippen LogP contribution in [-0.4, -0.2) is 29.9 Å². The van der Waals surface area contributed by atoms with E-state index in [4.69, 9.17) is 4.74 Å². The molecule has 0 atom stereocenters. The summed E-state index contributed by atoms with van der Waals surface area (Å²) in [5, 5.41) is 7.71. The van der Waals surface area contributed by atoms with Crippen LogP contribution in [0.2, 0.25) is 0 Å². The molecule has 7 heteroatoms. The van der Waals surface area contributed by atoms with Gasteiger partial charge in [-0.3, -0.25) is 0 Å². The van der Waals surface area contributed by atoms with E-state index in [0.29, 0.717) is 11.4 Å². The Kier molecular flexibility index (Phi) is 3.87. The van der Waals surface area contributed by atoms with E-state index in [9.17, 15) is 8.42 Å². The lowest BCUT2D eigenvalue weighted by Crippen LogP contribution is -2.13. The molecule has 0 aliphatic carbocycles. The summed E-state index contributed by atoms with van der Waals surface area (Å²) in [4.78, 5) is 0.171. The van der Waals surface area contributed by atoms with Crippen molar-refractivity contribution in [2.75, 3.05) is 7.11 Å². The zero-order valence-corrected chi connectivity index (χ0v) is 13.5. The standard InChI is InChI=1S/C16H15N3O3S/c1-12-6-8-15(9-7-12)23(20,21)19-11-16(17-18-19)13-4-3-5-14(10-13)22-2/h3-11H,1-2H3. The summed E-state index contributed by atoms with van der Waals surface area (Å²) in [6.45, 7) is 1.90. The van der Waals surface area contributed by atoms with Gasteiger partial charge in [-0.1, -0.05) is 35.0 Å². The summed E-state index contributed by atoms with van der Waals surface area (Å²) in [6.07, 6.45) is 1.39. The van der Waals surface area contributed by atoms with Crippen molar-refractivity contribution in [1.82, 2.24) is 14.4 Å². The third kappa shape index (κ3) is 2.95. The van der Waals surface area contributed by atoms with Gasteiger partial charge in [-0.15, -0.1) is 9.19 Å². The molecular weight excluding hydrogens is 314 g/mol. The maximum absolute atomic E-state index is 12.5. The lowest BCUT2D eigenvalue weighted by molar-refractivity contribution is 0.415. The first-order chi connectivity index (χ1) is 11.0. The van der Waals surface area contributed by atoms with Gasteiger partial charge in [0.25, 0.3) is 10.0 Å². The highest BCUT2D eigenvalue weighted by Crippen LogP contribution is 2.23. The summed E-state index contributed by atoms with van der Waals surface area (Å²) < 4.78 is 31.1. The van der Waals surface area contributed by atoms with E-state index in [1.165, 1.54) is 6.20 Å². The van der Waals surface area contributed by atoms with Gasteiger partial charge in [0.2, 0.25) is 0 Å². The number of hydrogen-bond donors (Lipinski definition) is 0. The second-order valence-electron chi connectivity index (χ2n) is 5.03. The highest BCUT2D eigenvalue weighted by molar-refractivity contribution is 7.89. The molecule has 2 aromatic carbocycles. The summed E-state index contributed by atoms with van der Waals surface area (Å²) >= 11 is 0. The van der Waals surface area contributed by atoms with Gasteiger partial charge in [0, 0.05) is 5.56 Å². The minimum atomic E-state index is -3.75. The number of ether oxygens (including phenoxy) is 1. The molecule has 0 saturated carbocycles. The van der Waals surface area contributed by atoms with Gasteiger partial charge >= 0.3 is 0 Å². The maximum atomic E-state index is 12.5. The van der Waals surface area contributed by atoms with Crippen LogP contribution in [0.1, 0.15) is 5.56 Å². The topological polar surface area (TPSA) is 74.1 Å². The Morgan fingerprint density at radius 1 is 1.09 bits per heavy atom. The van der Waals surface area contributed by atoms with Crippen LogP contribution >= 0.6 is 0 Å². The van der Waals surface area contributed by atoms with Crippen molar-refractivity contribution in [2.45, 2.75) is 11.8 Å². The third-order valence-corrected chi connectivity index (χ3v) is 4.94. The predicted octanol–water partition coefficient (Wildman–Crippen LogP) is 2.50. The summed E-state index contributed by atoms with van der Waals surface area (Å²) in [5.41, 5.74) is 2.17. The molecule has 3 aromatic rings. The molecule has 1 heterocycles. The molecule has 0 aliphatic rings. The molecule has 0 aliphatic heterocycles. The van der Waals surface area contributed by atoms with E-state index in [1.54, 1.807) is 43.5 Å². The van der Waals surface area contributed by atoms with Gasteiger partial charge in [0.15, 0.2) is 0 Å². The Bertz CT molecular complexity index is 931. The normalized spacial score (nSPS) is 11.4. The lowest BCUT2D eigenvalue weighted by Gasteiger charge is -2.03. The highest BCUT2D eigenvalue weighted by atomic mass is 32.2. The minimum Gasteiger partial charge on any atom is -0.497 e. The van der Waals surface area contributed by atoms with Crippen LogP contribution in [0.25, 0.3) is 11.3 Å². The molecule has 118 valence electrons. The fourth-order valence-corrected chi connectivity index (χ4v) is 3.17. The first-order valence-corrected chi connectivity index (χ1v) is 8.34. The minimum absolute atomic E-state index is 0.171. The summed E-state index contributed by atoms with van der Waals surface area (Å²) in [5.74, 6) is 0.665. The van der Waals surface area contributed by atoms with E-state index < -0.39 is 10.0 Å². The lowest BCUT2D eigenvalue weighted by atomic mass is 10.1. The number of rotatable bonds is 4. The summed E-state index contributed by atoms with van der Waals surface area (Å²) in [6, 6.07) is 13.8. The number of aromatic nitrogens is 3. The number of benzene rings is 2. The Morgan fingerprint density at radius 3 is 2.52 bits per heavy atom. The van der Waals surface area contributed by atoms with Gasteiger partial charge in [0.05, 0.1) is 18.2 Å². The third-order valence-electron chi connectivity index (χ3n) is 3.40. The van der Waals surface area contributed by atoms with Gasteiger partial charge in [0.1, 0.15) is 11.4 Å². The Morgan fingerprint density at radius 2 is 1.83 bits per heavy atom. The Labute approximate surface area is 134 Å². The van der Waals surface area contributed by atoms with E-state index in [1.807, 2.05) is 19.1 Å². The molecular formula is C16H15N3O3S. The van der Waals surface area contributed by atoms with Crippen LogP contribution in [0, 0.1) is 6.92 Å². The molecule has 0 saturated heterocycles. The molecule has 0 fully saturated rings. The first-order valence-electron chi connectivity index (χ1n) is 6.90. The monoisotopic (exact) mass is 329 g/mol. The molecule has 0 unspecified atom stereocenters. The second-order valence-corrected chi connectivity index (χ2v) is 6.82. The van der Waals surface area contributed by atoms with Crippen LogP contribution in [0.15, 0.2) is 59.6 Å². The number of aryl methyl sites for hydroxylation is 1. The van der Waals surface area contributed by atoms with Crippen LogP contribution < -0.4 is 4.74 Å². The van der Waals surface area contributed by atoms with Crippen LogP contribution in [0.3, 0.4) is 0 Å². The summed E-state index contributed by atoms with van der Waals surface area (Å²) in [7, 11) is -2.18. The number of methoxy groups -OCH3 is 1. The van der Waals surface area contributed by atoms with Gasteiger partial charge in [-0.2, -0.15) is 8.42 Å². The van der Waals surface area contributed by atoms with Crippen molar-refractivity contribution in [3.63, 3.8) is 0 Å². The van der Waals surface area contributed by atoms with Crippen LogP contribution in [-0.2, 0) is 10.0 Å². The van der Waals surface area contributed by atoms with Gasteiger partial charge in [-0.25, -0.2) is 0 Å². The van der Waals surface area contributed by atoms with E-state index in [2.05, 4.69) is 10.3 Å². The molecule has 0 amide bonds. The van der Waals surface area contributed by atoms with Crippen LogP contribution in [0.5, 0.6) is 5.75 Å². The molecule has 23 heavy (non-hydrogen) atoms. The SMILES string of the molecule is COc1cccc(-c2cn(S(=O)(=O)c3ccc(C)cc3)nn2)c1. The maximum Gasteiger partial charge on any atom is 0.284 e. The van der Waals surface area contributed by atoms with E-state index >= 15 is 0 Å². The molecule has 6 nitrogen and oxygen atoms in total. The molecule has 1 aromatic heterocycles. The van der Waals surface area contributed by atoms with Crippen molar-refractivity contribution in [1.29, 1.82) is 0 Å². The average molecular weight is 329 g/mol. The molecule has 0 spiro atoms. The Balaban J connectivity index is 1.99. The highest BCUT2D eigenvalue weighted by Gasteiger charge is 2.19. The second kappa shape index (κ2) is 5.85. The molecule has 0 radical (unpaired) electrons. The van der Waals surface area contributed by atoms with E-state index in [0.717, 1.165) is 15.2 Å². The first kappa shape index (κ1) is 15.2. The van der Waals surface area contributed by atoms with Gasteiger partial charge < -0.3 is 4.74 Å². The smallest absolute Gasteiger partial charge is 0.284 e. The van der Waals surface area contributed by atoms with Gasteiger partial charge in [-0.05, 0) is 31.2 Å². The van der Waals surface area contributed by atoms with Crippen LogP contribution in [0.4, 0.5) is 0 Å². The predicted molar refractivity (Wildman–Crippen MR) is 85.8 cm³/mol. The molecule has 3 rings (SSSR count). The number of nitrogens with zero attached hydrogens (tertiary/aromatic N) is 3. The fourth-order valence-electron chi connectivity index (χ4n) is 2.10. The van der Waals surface area contributed by atoms with Crippen molar-refractivity contribution in [3.8, 4) is 17.0 Å². The van der Waals surface area contributed by atoms with Crippen molar-refractivity contribution < 1.29 is 13.2 Å². The fraction of sp³-hybridized carbons (Fsp3) is 0.125. The average Bonchev–Trinajstić information content (AvgIpc) is 3.06. The number of hydrogen-bond acceptors (Lipinski definition) is 5. The molecule has 0 bridgehead atoms. The van der Waals surface area contributed by atoms with E-state index in [-0.39, 0.29) is 4.90 Å². The quantitative estimate of drug-likeness (QED) is 0.735. The largest absolute Gasteiger partial charge is 0.497 e. The van der Waals surface area contributed by atoms with Crippen molar-refractivity contribution in [3.05, 3.63) is 60.3 Å². The zero-order chi connectivity index (χ0) is 16.4. The Hall–Kier alpha value is -2.67. The van der Waals surface area contributed by atoms with Crippen molar-refractivity contribution >= 4 is 10.0 Å². The molecule has 0 N–H and O–H groups in total.